The highest BCUT2D eigenvalue weighted by Crippen LogP contribution is 2.36. The molecular weight excluding hydrogens is 461 g/mol. The Hall–Kier alpha value is -3.39. The van der Waals surface area contributed by atoms with Crippen molar-refractivity contribution in [1.82, 2.24) is 9.55 Å². The van der Waals surface area contributed by atoms with Crippen molar-refractivity contribution in [1.29, 1.82) is 0 Å². The Bertz CT molecular complexity index is 1330. The monoisotopic (exact) mass is 476 g/mol. The highest BCUT2D eigenvalue weighted by molar-refractivity contribution is 7.88. The summed E-state index contributed by atoms with van der Waals surface area (Å²) in [5.74, 6) is -1.54. The molecule has 0 atom stereocenters. The lowest BCUT2D eigenvalue weighted by atomic mass is 10.1. The predicted octanol–water partition coefficient (Wildman–Crippen LogP) is 3.27. The second-order valence-corrected chi connectivity index (χ2v) is 7.82. The van der Waals surface area contributed by atoms with E-state index in [1.807, 2.05) is 0 Å². The third-order valence-electron chi connectivity index (χ3n) is 4.32. The molecule has 0 fully saturated rings. The number of nitrogens with zero attached hydrogens (tertiary/aromatic N) is 2. The van der Waals surface area contributed by atoms with Gasteiger partial charge < -0.3 is 18.8 Å². The zero-order valence-corrected chi connectivity index (χ0v) is 17.3. The summed E-state index contributed by atoms with van der Waals surface area (Å²) in [5, 5.41) is 9.74. The number of carbonyl (C=O) groups is 2. The molecule has 0 aliphatic carbocycles. The maximum absolute atomic E-state index is 12.7. The van der Waals surface area contributed by atoms with E-state index in [1.54, 1.807) is 6.92 Å². The minimum absolute atomic E-state index is 0.00253. The average Bonchev–Trinajstić information content (AvgIpc) is 3.01. The lowest BCUT2D eigenvalue weighted by molar-refractivity contribution is -0.0500. The summed E-state index contributed by atoms with van der Waals surface area (Å²) in [6.45, 7) is 1.35. The molecule has 1 N–H and O–H groups in total. The normalized spacial score (nSPS) is 12.3. The number of esters is 1. The number of rotatable bonds is 6. The second kappa shape index (κ2) is 8.27. The molecule has 0 bridgehead atoms. The summed E-state index contributed by atoms with van der Waals surface area (Å²) in [6, 6.07) is 2.87. The van der Waals surface area contributed by atoms with Gasteiger partial charge in [0.05, 0.1) is 30.4 Å². The number of benzene rings is 1. The molecule has 0 spiro atoms. The topological polar surface area (TPSA) is 134 Å². The lowest BCUT2D eigenvalue weighted by Crippen LogP contribution is -2.28. The molecular formula is C18H15F3N2O8S. The van der Waals surface area contributed by atoms with E-state index in [1.165, 1.54) is 7.11 Å². The van der Waals surface area contributed by atoms with Crippen molar-refractivity contribution in [2.24, 2.45) is 0 Å². The molecule has 0 aliphatic heterocycles. The zero-order chi connectivity index (χ0) is 23.8. The van der Waals surface area contributed by atoms with Crippen molar-refractivity contribution in [3.05, 3.63) is 35.7 Å². The summed E-state index contributed by atoms with van der Waals surface area (Å²) in [7, 11) is -4.67. The third-order valence-corrected chi connectivity index (χ3v) is 5.30. The molecule has 1 aromatic carbocycles. The van der Waals surface area contributed by atoms with E-state index in [4.69, 9.17) is 9.47 Å². The van der Waals surface area contributed by atoms with E-state index >= 15 is 0 Å². The van der Waals surface area contributed by atoms with Gasteiger partial charge in [-0.3, -0.25) is 0 Å². The van der Waals surface area contributed by atoms with Crippen LogP contribution in [0.1, 0.15) is 23.0 Å². The number of hydrogen-bond donors (Lipinski definition) is 1. The molecule has 0 saturated heterocycles. The maximum atomic E-state index is 12.7. The molecule has 0 unspecified atom stereocenters. The Balaban J connectivity index is 2.37. The average molecular weight is 476 g/mol. The molecule has 0 aliphatic rings. The van der Waals surface area contributed by atoms with Gasteiger partial charge in [-0.1, -0.05) is 0 Å². The van der Waals surface area contributed by atoms with E-state index in [-0.39, 0.29) is 46.3 Å². The molecule has 2 aromatic heterocycles. The first-order chi connectivity index (χ1) is 14.9. The Morgan fingerprint density at radius 1 is 1.22 bits per heavy atom. The second-order valence-electron chi connectivity index (χ2n) is 6.28. The van der Waals surface area contributed by atoms with Crippen molar-refractivity contribution in [3.63, 3.8) is 0 Å². The quantitative estimate of drug-likeness (QED) is 0.323. The Labute approximate surface area is 178 Å². The van der Waals surface area contributed by atoms with Crippen LogP contribution in [0.5, 0.6) is 5.75 Å². The number of carbonyl (C=O) groups excluding carboxylic acids is 1. The molecule has 10 nitrogen and oxygen atoms in total. The van der Waals surface area contributed by atoms with Crippen LogP contribution in [0.3, 0.4) is 0 Å². The highest BCUT2D eigenvalue weighted by Gasteiger charge is 2.48. The van der Waals surface area contributed by atoms with Crippen molar-refractivity contribution >= 4 is 44.0 Å². The van der Waals surface area contributed by atoms with Crippen molar-refractivity contribution in [2.75, 3.05) is 13.7 Å². The van der Waals surface area contributed by atoms with Crippen LogP contribution in [0.2, 0.25) is 0 Å². The highest BCUT2D eigenvalue weighted by atomic mass is 32.2. The number of fused-ring (bicyclic) bond motifs is 3. The van der Waals surface area contributed by atoms with Gasteiger partial charge in [-0.2, -0.15) is 21.6 Å². The standard InChI is InChI=1S/C18H15F3N2O8S/c1-3-30-16(24)15-11(8-29-2)14-10-6-9(31-32(27,28)18(19,20)21)4-5-12(10)23(17(25)26)13(14)7-22-15/h4-7H,3,8H2,1-2H3,(H,25,26). The van der Waals surface area contributed by atoms with Gasteiger partial charge in [0, 0.05) is 23.4 Å². The van der Waals surface area contributed by atoms with Gasteiger partial charge in [0.25, 0.3) is 0 Å². The molecule has 3 aromatic rings. The molecule has 0 radical (unpaired) electrons. The summed E-state index contributed by atoms with van der Waals surface area (Å²) in [4.78, 5) is 28.2. The fraction of sp³-hybridized carbons (Fsp3) is 0.278. The van der Waals surface area contributed by atoms with Crippen LogP contribution in [0.4, 0.5) is 18.0 Å². The fourth-order valence-corrected chi connectivity index (χ4v) is 3.59. The summed E-state index contributed by atoms with van der Waals surface area (Å²) >= 11 is 0. The smallest absolute Gasteiger partial charge is 0.464 e. The van der Waals surface area contributed by atoms with E-state index in [0.717, 1.165) is 29.0 Å². The van der Waals surface area contributed by atoms with Gasteiger partial charge in [-0.05, 0) is 25.1 Å². The molecule has 3 rings (SSSR count). The zero-order valence-electron chi connectivity index (χ0n) is 16.5. The van der Waals surface area contributed by atoms with E-state index in [0.29, 0.717) is 0 Å². The Morgan fingerprint density at radius 2 is 1.91 bits per heavy atom. The largest absolute Gasteiger partial charge is 0.534 e. The predicted molar refractivity (Wildman–Crippen MR) is 103 cm³/mol. The Kier molecular flexibility index (Phi) is 6.02. The number of pyridine rings is 1. The number of ether oxygens (including phenoxy) is 2. The van der Waals surface area contributed by atoms with Crippen molar-refractivity contribution < 1.29 is 49.9 Å². The van der Waals surface area contributed by atoms with E-state index in [9.17, 15) is 36.3 Å². The SMILES string of the molecule is CCOC(=O)c1ncc2c(c1COC)c1cc(OS(=O)(=O)C(F)(F)F)ccc1n2C(=O)O. The first-order valence-corrected chi connectivity index (χ1v) is 10.2. The van der Waals surface area contributed by atoms with Crippen molar-refractivity contribution in [2.45, 2.75) is 19.0 Å². The van der Waals surface area contributed by atoms with Gasteiger partial charge in [-0.15, -0.1) is 0 Å². The van der Waals surface area contributed by atoms with Gasteiger partial charge in [0.2, 0.25) is 0 Å². The minimum Gasteiger partial charge on any atom is -0.464 e. The van der Waals surface area contributed by atoms with Crippen LogP contribution in [-0.4, -0.2) is 54.4 Å². The Morgan fingerprint density at radius 3 is 2.47 bits per heavy atom. The minimum atomic E-state index is -5.97. The van der Waals surface area contributed by atoms with Crippen LogP contribution in [0.15, 0.2) is 24.4 Å². The first kappa shape index (κ1) is 23.3. The molecule has 14 heteroatoms. The number of hydrogen-bond acceptors (Lipinski definition) is 8. The number of aromatic nitrogens is 2. The molecule has 32 heavy (non-hydrogen) atoms. The summed E-state index contributed by atoms with van der Waals surface area (Å²) < 4.78 is 75.9. The molecule has 172 valence electrons. The van der Waals surface area contributed by atoms with Gasteiger partial charge in [0.15, 0.2) is 5.69 Å². The molecule has 0 amide bonds. The van der Waals surface area contributed by atoms with Crippen LogP contribution in [0, 0.1) is 0 Å². The van der Waals surface area contributed by atoms with Crippen LogP contribution >= 0.6 is 0 Å². The summed E-state index contributed by atoms with van der Waals surface area (Å²) in [6.07, 6.45) is -0.363. The van der Waals surface area contributed by atoms with E-state index in [2.05, 4.69) is 9.17 Å². The fourth-order valence-electron chi connectivity index (χ4n) is 3.14. The number of carboxylic acid groups (broad SMARTS) is 1. The van der Waals surface area contributed by atoms with Gasteiger partial charge >= 0.3 is 27.7 Å². The van der Waals surface area contributed by atoms with Crippen LogP contribution in [-0.2, 0) is 26.2 Å². The maximum Gasteiger partial charge on any atom is 0.534 e. The van der Waals surface area contributed by atoms with Crippen molar-refractivity contribution in [3.8, 4) is 5.75 Å². The van der Waals surface area contributed by atoms with E-state index < -0.39 is 33.4 Å². The first-order valence-electron chi connectivity index (χ1n) is 8.79. The van der Waals surface area contributed by atoms with Gasteiger partial charge in [0.1, 0.15) is 5.75 Å². The van der Waals surface area contributed by atoms with Crippen LogP contribution in [0.25, 0.3) is 21.8 Å². The molecule has 0 saturated carbocycles. The number of halogens is 3. The van der Waals surface area contributed by atoms with Gasteiger partial charge in [-0.25, -0.2) is 19.1 Å². The summed E-state index contributed by atoms with van der Waals surface area (Å²) in [5.41, 5.74) is -5.78. The molecule has 2 heterocycles. The third kappa shape index (κ3) is 3.93. The van der Waals surface area contributed by atoms with Crippen LogP contribution < -0.4 is 4.18 Å². The lowest BCUT2D eigenvalue weighted by Gasteiger charge is -2.10. The number of methoxy groups -OCH3 is 1. The number of alkyl halides is 3.